The van der Waals surface area contributed by atoms with Crippen molar-refractivity contribution in [3.63, 3.8) is 0 Å². The lowest BCUT2D eigenvalue weighted by Gasteiger charge is -2.31. The topological polar surface area (TPSA) is 57.6 Å². The van der Waals surface area contributed by atoms with Crippen LogP contribution in [0.3, 0.4) is 0 Å². The number of thiocarbonyl (C=S) groups is 1. The summed E-state index contributed by atoms with van der Waals surface area (Å²) in [7, 11) is 0. The number of nitrogens with zero attached hydrogens (tertiary/aromatic N) is 1. The summed E-state index contributed by atoms with van der Waals surface area (Å²) in [6, 6.07) is 7.87. The van der Waals surface area contributed by atoms with Crippen molar-refractivity contribution in [2.45, 2.75) is 19.9 Å². The van der Waals surface area contributed by atoms with E-state index in [-0.39, 0.29) is 12.3 Å². The molecule has 1 aliphatic heterocycles. The molecule has 1 N–H and O–H groups in total. The molecule has 0 radical (unpaired) electrons. The van der Waals surface area contributed by atoms with Gasteiger partial charge in [0.05, 0.1) is 18.9 Å². The Hall–Kier alpha value is -1.40. The lowest BCUT2D eigenvalue weighted by atomic mass is 10.1. The van der Waals surface area contributed by atoms with Crippen LogP contribution in [0.4, 0.5) is 0 Å². The van der Waals surface area contributed by atoms with E-state index >= 15 is 0 Å². The summed E-state index contributed by atoms with van der Waals surface area (Å²) >= 11 is 6.59. The molecule has 106 valence electrons. The van der Waals surface area contributed by atoms with Gasteiger partial charge in [-0.25, -0.2) is 0 Å². The molecule has 2 rings (SSSR count). The molecule has 1 unspecified atom stereocenters. The van der Waals surface area contributed by atoms with Crippen molar-refractivity contribution in [3.8, 4) is 0 Å². The minimum absolute atomic E-state index is 0.140. The fraction of sp³-hybridized carbons (Fsp3) is 0.357. The quantitative estimate of drug-likeness (QED) is 0.866. The third-order valence-corrected chi connectivity index (χ3v) is 4.74. The molecule has 6 heteroatoms. The molecule has 1 aromatic rings. The maximum atomic E-state index is 12.3. The van der Waals surface area contributed by atoms with Gasteiger partial charge < -0.3 is 5.11 Å². The minimum atomic E-state index is -0.952. The number of amides is 1. The van der Waals surface area contributed by atoms with Crippen LogP contribution >= 0.6 is 24.0 Å². The van der Waals surface area contributed by atoms with Gasteiger partial charge in [-0.05, 0) is 12.5 Å². The highest BCUT2D eigenvalue weighted by molar-refractivity contribution is 8.23. The minimum Gasteiger partial charge on any atom is -0.481 e. The number of hydrogen-bond acceptors (Lipinski definition) is 4. The number of aliphatic carboxylic acids is 1. The highest BCUT2D eigenvalue weighted by atomic mass is 32.2. The molecular weight excluding hydrogens is 294 g/mol. The summed E-state index contributed by atoms with van der Waals surface area (Å²) in [6.07, 6.45) is -0.140. The maximum Gasteiger partial charge on any atom is 0.304 e. The van der Waals surface area contributed by atoms with Gasteiger partial charge in [-0.3, -0.25) is 14.5 Å². The van der Waals surface area contributed by atoms with Gasteiger partial charge in [0.15, 0.2) is 0 Å². The van der Waals surface area contributed by atoms with Crippen LogP contribution in [0.1, 0.15) is 17.5 Å². The highest BCUT2D eigenvalue weighted by Crippen LogP contribution is 2.27. The van der Waals surface area contributed by atoms with Crippen molar-refractivity contribution in [2.24, 2.45) is 5.92 Å². The molecule has 1 aromatic carbocycles. The van der Waals surface area contributed by atoms with Gasteiger partial charge in [-0.2, -0.15) is 0 Å². The van der Waals surface area contributed by atoms with Crippen LogP contribution < -0.4 is 0 Å². The first-order chi connectivity index (χ1) is 9.47. The Morgan fingerprint density at radius 2 is 2.10 bits per heavy atom. The van der Waals surface area contributed by atoms with Crippen LogP contribution in [-0.4, -0.2) is 32.0 Å². The Morgan fingerprint density at radius 1 is 1.45 bits per heavy atom. The van der Waals surface area contributed by atoms with E-state index in [0.29, 0.717) is 16.6 Å². The predicted molar refractivity (Wildman–Crippen MR) is 82.5 cm³/mol. The Balaban J connectivity index is 2.11. The van der Waals surface area contributed by atoms with Crippen LogP contribution in [0.25, 0.3) is 0 Å². The van der Waals surface area contributed by atoms with E-state index in [2.05, 4.69) is 0 Å². The molecule has 1 saturated heterocycles. The lowest BCUT2D eigenvalue weighted by molar-refractivity contribution is -0.142. The van der Waals surface area contributed by atoms with Crippen molar-refractivity contribution in [1.82, 2.24) is 4.90 Å². The van der Waals surface area contributed by atoms with E-state index in [1.165, 1.54) is 16.7 Å². The largest absolute Gasteiger partial charge is 0.481 e. The van der Waals surface area contributed by atoms with E-state index in [1.807, 2.05) is 31.2 Å². The van der Waals surface area contributed by atoms with E-state index in [0.717, 1.165) is 11.1 Å². The van der Waals surface area contributed by atoms with E-state index < -0.39 is 11.9 Å². The Labute approximate surface area is 127 Å². The fourth-order valence-corrected chi connectivity index (χ4v) is 3.28. The third kappa shape index (κ3) is 3.58. The lowest BCUT2D eigenvalue weighted by Crippen LogP contribution is -2.44. The number of carboxylic acid groups (broad SMARTS) is 1. The number of rotatable bonds is 4. The number of carbonyl (C=O) groups is 2. The highest BCUT2D eigenvalue weighted by Gasteiger charge is 2.34. The van der Waals surface area contributed by atoms with Crippen LogP contribution in [0.2, 0.25) is 0 Å². The number of thioether (sulfide) groups is 1. The van der Waals surface area contributed by atoms with E-state index in [9.17, 15) is 9.59 Å². The Kier molecular flexibility index (Phi) is 4.77. The van der Waals surface area contributed by atoms with Crippen LogP contribution in [0, 0.1) is 12.8 Å². The van der Waals surface area contributed by atoms with Gasteiger partial charge in [0.1, 0.15) is 4.32 Å². The van der Waals surface area contributed by atoms with Crippen LogP contribution in [0.5, 0.6) is 0 Å². The zero-order chi connectivity index (χ0) is 14.7. The number of hydrogen-bond donors (Lipinski definition) is 1. The average molecular weight is 309 g/mol. The summed E-state index contributed by atoms with van der Waals surface area (Å²) in [6.45, 7) is 2.40. The number of aryl methyl sites for hydroxylation is 1. The predicted octanol–water partition coefficient (Wildman–Crippen LogP) is 2.45. The van der Waals surface area contributed by atoms with E-state index in [1.54, 1.807) is 0 Å². The van der Waals surface area contributed by atoms with Crippen LogP contribution in [-0.2, 0) is 16.1 Å². The van der Waals surface area contributed by atoms with Gasteiger partial charge in [-0.1, -0.05) is 53.8 Å². The van der Waals surface area contributed by atoms with Crippen molar-refractivity contribution in [2.75, 3.05) is 5.75 Å². The maximum absolute atomic E-state index is 12.3. The van der Waals surface area contributed by atoms with Gasteiger partial charge in [0.2, 0.25) is 5.91 Å². The zero-order valence-corrected chi connectivity index (χ0v) is 12.7. The third-order valence-electron chi connectivity index (χ3n) is 3.13. The molecule has 0 saturated carbocycles. The second-order valence-corrected chi connectivity index (χ2v) is 6.44. The van der Waals surface area contributed by atoms with Gasteiger partial charge in [0, 0.05) is 5.75 Å². The van der Waals surface area contributed by atoms with Crippen LogP contribution in [0.15, 0.2) is 24.3 Å². The summed E-state index contributed by atoms with van der Waals surface area (Å²) in [4.78, 5) is 24.6. The van der Waals surface area contributed by atoms with Gasteiger partial charge >= 0.3 is 5.97 Å². The second-order valence-electron chi connectivity index (χ2n) is 4.78. The average Bonchev–Trinajstić information content (AvgIpc) is 2.40. The first-order valence-corrected chi connectivity index (χ1v) is 7.62. The van der Waals surface area contributed by atoms with Crippen molar-refractivity contribution in [1.29, 1.82) is 0 Å². The molecule has 0 aliphatic carbocycles. The molecule has 1 heterocycles. The molecule has 0 spiro atoms. The van der Waals surface area contributed by atoms with Crippen molar-refractivity contribution >= 4 is 40.2 Å². The second kappa shape index (κ2) is 6.37. The molecule has 0 aromatic heterocycles. The Bertz CT molecular complexity index is 542. The molecule has 1 amide bonds. The molecule has 1 aliphatic rings. The zero-order valence-electron chi connectivity index (χ0n) is 11.0. The number of carbonyl (C=O) groups excluding carboxylic acids is 1. The first kappa shape index (κ1) is 15.0. The molecule has 1 atom stereocenters. The Morgan fingerprint density at radius 3 is 2.70 bits per heavy atom. The number of carboxylic acids is 1. The van der Waals surface area contributed by atoms with Crippen molar-refractivity contribution < 1.29 is 14.7 Å². The summed E-state index contributed by atoms with van der Waals surface area (Å²) in [5, 5.41) is 8.84. The summed E-state index contributed by atoms with van der Waals surface area (Å²) in [5.41, 5.74) is 2.14. The summed E-state index contributed by atoms with van der Waals surface area (Å²) in [5.74, 6) is -1.17. The van der Waals surface area contributed by atoms with Gasteiger partial charge in [-0.15, -0.1) is 0 Å². The molecule has 1 fully saturated rings. The fourth-order valence-electron chi connectivity index (χ4n) is 2.01. The van der Waals surface area contributed by atoms with Gasteiger partial charge in [0.25, 0.3) is 0 Å². The van der Waals surface area contributed by atoms with Crippen molar-refractivity contribution in [3.05, 3.63) is 35.4 Å². The number of benzene rings is 1. The molecular formula is C14H15NO3S2. The summed E-state index contributed by atoms with van der Waals surface area (Å²) < 4.78 is 0.525. The normalized spacial score (nSPS) is 19.2. The first-order valence-electron chi connectivity index (χ1n) is 6.23. The molecule has 0 bridgehead atoms. The SMILES string of the molecule is Cc1ccc(CN2C(=O)C(CC(=O)O)CSC2=S)cc1. The monoisotopic (exact) mass is 309 g/mol. The smallest absolute Gasteiger partial charge is 0.304 e. The molecule has 20 heavy (non-hydrogen) atoms. The van der Waals surface area contributed by atoms with E-state index in [4.69, 9.17) is 17.3 Å². The molecule has 4 nitrogen and oxygen atoms in total. The standard InChI is InChI=1S/C14H15NO3S2/c1-9-2-4-10(5-3-9)7-15-13(18)11(6-12(16)17)8-20-14(15)19/h2-5,11H,6-8H2,1H3,(H,16,17).